The number of piperidine rings is 1. The van der Waals surface area contributed by atoms with Crippen LogP contribution in [0, 0.1) is 17.8 Å². The molecule has 2 aliphatic rings. The minimum absolute atomic E-state index is 0.393. The normalized spacial score (nSPS) is 40.2. The molecular formula is C10H17NO. The second-order valence-electron chi connectivity index (χ2n) is 4.60. The lowest BCUT2D eigenvalue weighted by atomic mass is 9.93. The van der Waals surface area contributed by atoms with Gasteiger partial charge in [0.15, 0.2) is 0 Å². The largest absolute Gasteiger partial charge is 0.342 e. The van der Waals surface area contributed by atoms with E-state index in [-0.39, 0.29) is 0 Å². The minimum atomic E-state index is 0.393. The Hall–Kier alpha value is -0.530. The summed E-state index contributed by atoms with van der Waals surface area (Å²) in [5.41, 5.74) is 0. The van der Waals surface area contributed by atoms with Gasteiger partial charge in [0.1, 0.15) is 0 Å². The predicted octanol–water partition coefficient (Wildman–Crippen LogP) is 1.51. The van der Waals surface area contributed by atoms with Gasteiger partial charge in [-0.05, 0) is 24.7 Å². The highest BCUT2D eigenvalue weighted by Crippen LogP contribution is 2.48. The highest BCUT2D eigenvalue weighted by Gasteiger charge is 2.50. The van der Waals surface area contributed by atoms with Gasteiger partial charge in [0.2, 0.25) is 5.91 Å². The van der Waals surface area contributed by atoms with Gasteiger partial charge >= 0.3 is 0 Å². The fourth-order valence-corrected chi connectivity index (χ4v) is 2.42. The Kier molecular flexibility index (Phi) is 1.67. The van der Waals surface area contributed by atoms with Crippen molar-refractivity contribution in [3.05, 3.63) is 0 Å². The molecule has 0 N–H and O–H groups in total. The van der Waals surface area contributed by atoms with E-state index in [1.54, 1.807) is 0 Å². The minimum Gasteiger partial charge on any atom is -0.342 e. The van der Waals surface area contributed by atoms with E-state index < -0.39 is 0 Å². The number of likely N-dealkylation sites (tertiary alicyclic amines) is 1. The van der Waals surface area contributed by atoms with E-state index in [0.717, 1.165) is 12.3 Å². The van der Waals surface area contributed by atoms with Crippen LogP contribution in [0.3, 0.4) is 0 Å². The van der Waals surface area contributed by atoms with Crippen LogP contribution in [-0.2, 0) is 4.79 Å². The molecule has 3 unspecified atom stereocenters. The van der Waals surface area contributed by atoms with Crippen LogP contribution in [0.15, 0.2) is 0 Å². The van der Waals surface area contributed by atoms with Crippen LogP contribution in [-0.4, -0.2) is 23.9 Å². The van der Waals surface area contributed by atoms with Crippen molar-refractivity contribution < 1.29 is 4.79 Å². The van der Waals surface area contributed by atoms with Crippen molar-refractivity contribution >= 4 is 5.91 Å². The number of amides is 1. The zero-order chi connectivity index (χ0) is 8.88. The van der Waals surface area contributed by atoms with Crippen molar-refractivity contribution in [3.63, 3.8) is 0 Å². The molecule has 1 saturated carbocycles. The summed E-state index contributed by atoms with van der Waals surface area (Å²) in [6.07, 6.45) is 2.40. The monoisotopic (exact) mass is 167 g/mol. The van der Waals surface area contributed by atoms with E-state index in [1.165, 1.54) is 6.42 Å². The van der Waals surface area contributed by atoms with Crippen LogP contribution in [0.2, 0.25) is 0 Å². The van der Waals surface area contributed by atoms with Crippen LogP contribution < -0.4 is 0 Å². The zero-order valence-electron chi connectivity index (χ0n) is 8.08. The second kappa shape index (κ2) is 2.48. The maximum absolute atomic E-state index is 11.6. The van der Waals surface area contributed by atoms with Gasteiger partial charge in [0, 0.05) is 19.0 Å². The summed E-state index contributed by atoms with van der Waals surface area (Å²) in [6.45, 7) is 4.41. The average Bonchev–Trinajstić information content (AvgIpc) is 2.75. The molecule has 1 aliphatic carbocycles. The highest BCUT2D eigenvalue weighted by molar-refractivity contribution is 5.82. The van der Waals surface area contributed by atoms with Gasteiger partial charge in [-0.1, -0.05) is 13.8 Å². The molecule has 0 aromatic carbocycles. The molecule has 0 bridgehead atoms. The van der Waals surface area contributed by atoms with Gasteiger partial charge < -0.3 is 4.90 Å². The third kappa shape index (κ3) is 1.05. The van der Waals surface area contributed by atoms with E-state index in [1.807, 2.05) is 11.9 Å². The molecule has 2 heteroatoms. The molecule has 2 nitrogen and oxygen atoms in total. The van der Waals surface area contributed by atoms with Gasteiger partial charge in [-0.3, -0.25) is 4.79 Å². The quantitative estimate of drug-likeness (QED) is 0.579. The number of hydrogen-bond acceptors (Lipinski definition) is 1. The maximum Gasteiger partial charge on any atom is 0.225 e. The molecule has 1 heterocycles. The zero-order valence-corrected chi connectivity index (χ0v) is 8.08. The summed E-state index contributed by atoms with van der Waals surface area (Å²) in [6, 6.07) is 0.501. The summed E-state index contributed by atoms with van der Waals surface area (Å²) in [4.78, 5) is 13.6. The lowest BCUT2D eigenvalue weighted by Gasteiger charge is -2.34. The summed E-state index contributed by atoms with van der Waals surface area (Å²) < 4.78 is 0. The summed E-state index contributed by atoms with van der Waals surface area (Å²) in [5, 5.41) is 0. The van der Waals surface area contributed by atoms with Crippen molar-refractivity contribution in [3.8, 4) is 0 Å². The van der Waals surface area contributed by atoms with E-state index >= 15 is 0 Å². The number of hydrogen-bond donors (Lipinski definition) is 0. The first-order chi connectivity index (χ1) is 5.61. The van der Waals surface area contributed by atoms with Gasteiger partial charge in [0.25, 0.3) is 0 Å². The van der Waals surface area contributed by atoms with Crippen LogP contribution in [0.25, 0.3) is 0 Å². The van der Waals surface area contributed by atoms with Crippen LogP contribution >= 0.6 is 0 Å². The topological polar surface area (TPSA) is 20.3 Å². The van der Waals surface area contributed by atoms with Gasteiger partial charge in [-0.15, -0.1) is 0 Å². The Bertz CT molecular complexity index is 212. The predicted molar refractivity (Wildman–Crippen MR) is 47.6 cm³/mol. The van der Waals surface area contributed by atoms with Crippen LogP contribution in [0.4, 0.5) is 0 Å². The third-order valence-corrected chi connectivity index (χ3v) is 3.40. The first-order valence-electron chi connectivity index (χ1n) is 4.88. The third-order valence-electron chi connectivity index (χ3n) is 3.40. The molecule has 1 saturated heterocycles. The molecule has 3 atom stereocenters. The Morgan fingerprint density at radius 1 is 1.42 bits per heavy atom. The first kappa shape index (κ1) is 8.09. The van der Waals surface area contributed by atoms with Gasteiger partial charge in [0.05, 0.1) is 0 Å². The fourth-order valence-electron chi connectivity index (χ4n) is 2.42. The van der Waals surface area contributed by atoms with E-state index in [9.17, 15) is 4.79 Å². The van der Waals surface area contributed by atoms with Crippen molar-refractivity contribution in [2.24, 2.45) is 17.8 Å². The van der Waals surface area contributed by atoms with Crippen molar-refractivity contribution in [1.82, 2.24) is 4.90 Å². The van der Waals surface area contributed by atoms with Crippen molar-refractivity contribution in [2.45, 2.75) is 32.7 Å². The van der Waals surface area contributed by atoms with E-state index in [4.69, 9.17) is 0 Å². The maximum atomic E-state index is 11.6. The molecule has 0 aromatic heterocycles. The Morgan fingerprint density at radius 2 is 2.08 bits per heavy atom. The van der Waals surface area contributed by atoms with Crippen molar-refractivity contribution in [1.29, 1.82) is 0 Å². The molecule has 12 heavy (non-hydrogen) atoms. The highest BCUT2D eigenvalue weighted by atomic mass is 16.2. The van der Waals surface area contributed by atoms with Crippen LogP contribution in [0.1, 0.15) is 26.7 Å². The molecule has 0 spiro atoms. The molecule has 2 fully saturated rings. The summed E-state index contributed by atoms with van der Waals surface area (Å²) in [5.74, 6) is 2.15. The van der Waals surface area contributed by atoms with Crippen molar-refractivity contribution in [2.75, 3.05) is 7.05 Å². The number of fused-ring (bicyclic) bond motifs is 1. The lowest BCUT2D eigenvalue weighted by molar-refractivity contribution is -0.137. The van der Waals surface area contributed by atoms with E-state index in [2.05, 4.69) is 13.8 Å². The van der Waals surface area contributed by atoms with Gasteiger partial charge in [-0.25, -0.2) is 0 Å². The molecule has 2 rings (SSSR count). The smallest absolute Gasteiger partial charge is 0.225 e. The molecule has 1 amide bonds. The first-order valence-corrected chi connectivity index (χ1v) is 4.88. The second-order valence-corrected chi connectivity index (χ2v) is 4.60. The summed E-state index contributed by atoms with van der Waals surface area (Å²) >= 11 is 0. The SMILES string of the molecule is CC(C)C1CC2CC2C(=O)N1C. The lowest BCUT2D eigenvalue weighted by Crippen LogP contribution is -2.44. The number of carbonyl (C=O) groups is 1. The molecule has 68 valence electrons. The Balaban J connectivity index is 2.11. The standard InChI is InChI=1S/C10H17NO/c1-6(2)9-5-7-4-8(7)10(12)11(9)3/h6-9H,4-5H2,1-3H3. The molecule has 0 radical (unpaired) electrons. The fraction of sp³-hybridized carbons (Fsp3) is 0.900. The molecular weight excluding hydrogens is 150 g/mol. The van der Waals surface area contributed by atoms with Gasteiger partial charge in [-0.2, -0.15) is 0 Å². The number of carbonyl (C=O) groups excluding carboxylic acids is 1. The number of rotatable bonds is 1. The summed E-state index contributed by atoms with van der Waals surface area (Å²) in [7, 11) is 1.96. The average molecular weight is 167 g/mol. The molecule has 0 aromatic rings. The number of nitrogens with zero attached hydrogens (tertiary/aromatic N) is 1. The van der Waals surface area contributed by atoms with Crippen LogP contribution in [0.5, 0.6) is 0 Å². The van der Waals surface area contributed by atoms with E-state index in [0.29, 0.717) is 23.8 Å². The Morgan fingerprint density at radius 3 is 2.67 bits per heavy atom. The Labute approximate surface area is 73.9 Å². The molecule has 1 aliphatic heterocycles.